The third-order valence-corrected chi connectivity index (χ3v) is 3.47. The first-order valence-corrected chi connectivity index (χ1v) is 6.02. The predicted molar refractivity (Wildman–Crippen MR) is 60.6 cm³/mol. The summed E-state index contributed by atoms with van der Waals surface area (Å²) >= 11 is 1.42. The summed E-state index contributed by atoms with van der Waals surface area (Å²) in [6.45, 7) is -0.0721. The van der Waals surface area contributed by atoms with Crippen molar-refractivity contribution in [3.05, 3.63) is 21.9 Å². The Balaban J connectivity index is 1.97. The number of carbonyl (C=O) groups is 2. The molecule has 1 fully saturated rings. The summed E-state index contributed by atoms with van der Waals surface area (Å²) in [6, 6.07) is 2.00. The molecular formula is C11H13NO3S. The van der Waals surface area contributed by atoms with Gasteiger partial charge in [-0.05, 0) is 35.8 Å². The highest BCUT2D eigenvalue weighted by molar-refractivity contribution is 7.12. The van der Waals surface area contributed by atoms with Crippen LogP contribution in [0.5, 0.6) is 0 Å². The minimum Gasteiger partial charge on any atom is -0.468 e. The van der Waals surface area contributed by atoms with Crippen LogP contribution in [0.4, 0.5) is 0 Å². The van der Waals surface area contributed by atoms with Crippen molar-refractivity contribution in [3.63, 3.8) is 0 Å². The second-order valence-electron chi connectivity index (χ2n) is 3.74. The van der Waals surface area contributed by atoms with Gasteiger partial charge in [0.05, 0.1) is 12.0 Å². The summed E-state index contributed by atoms with van der Waals surface area (Å²) in [5, 5.41) is 4.47. The largest absolute Gasteiger partial charge is 0.468 e. The lowest BCUT2D eigenvalue weighted by Gasteiger charge is -2.04. The van der Waals surface area contributed by atoms with E-state index in [1.54, 1.807) is 0 Å². The van der Waals surface area contributed by atoms with Crippen LogP contribution in [-0.4, -0.2) is 25.5 Å². The summed E-state index contributed by atoms with van der Waals surface area (Å²) < 4.78 is 4.46. The average molecular weight is 239 g/mol. The van der Waals surface area contributed by atoms with Gasteiger partial charge < -0.3 is 10.1 Å². The van der Waals surface area contributed by atoms with Crippen molar-refractivity contribution >= 4 is 23.2 Å². The summed E-state index contributed by atoms with van der Waals surface area (Å²) in [5.74, 6) is -0.0645. The van der Waals surface area contributed by atoms with E-state index in [1.165, 1.54) is 18.4 Å². The van der Waals surface area contributed by atoms with E-state index in [2.05, 4.69) is 10.1 Å². The molecule has 1 aliphatic carbocycles. The minimum absolute atomic E-state index is 0.0721. The predicted octanol–water partition coefficient (Wildman–Crippen LogP) is 1.53. The molecule has 1 aliphatic rings. The van der Waals surface area contributed by atoms with E-state index in [0.717, 1.165) is 23.3 Å². The molecule has 86 valence electrons. The van der Waals surface area contributed by atoms with Gasteiger partial charge >= 0.3 is 5.97 Å². The van der Waals surface area contributed by atoms with Gasteiger partial charge in [0.1, 0.15) is 6.54 Å². The summed E-state index contributed by atoms with van der Waals surface area (Å²) in [7, 11) is 1.30. The number of methoxy groups -OCH3 is 1. The molecule has 4 nitrogen and oxygen atoms in total. The molecule has 0 radical (unpaired) electrons. The van der Waals surface area contributed by atoms with E-state index < -0.39 is 5.97 Å². The van der Waals surface area contributed by atoms with Crippen LogP contribution in [0.3, 0.4) is 0 Å². The van der Waals surface area contributed by atoms with Gasteiger partial charge in [-0.1, -0.05) is 0 Å². The SMILES string of the molecule is COC(=O)CNC(=O)c1sccc1C1CC1. The lowest BCUT2D eigenvalue weighted by atomic mass is 10.1. The Morgan fingerprint density at radius 3 is 2.94 bits per heavy atom. The lowest BCUT2D eigenvalue weighted by Crippen LogP contribution is -2.30. The van der Waals surface area contributed by atoms with Gasteiger partial charge in [0.15, 0.2) is 0 Å². The molecule has 0 spiro atoms. The number of ether oxygens (including phenoxy) is 1. The molecule has 0 unspecified atom stereocenters. The Bertz CT molecular complexity index is 409. The standard InChI is InChI=1S/C11H13NO3S/c1-15-9(13)6-12-11(14)10-8(4-5-16-10)7-2-3-7/h4-5,7H,2-3,6H2,1H3,(H,12,14). The zero-order chi connectivity index (χ0) is 11.5. The van der Waals surface area contributed by atoms with Crippen LogP contribution in [0.15, 0.2) is 11.4 Å². The van der Waals surface area contributed by atoms with Gasteiger partial charge in [-0.2, -0.15) is 0 Å². The molecule has 0 saturated heterocycles. The number of amides is 1. The summed E-state index contributed by atoms with van der Waals surface area (Å²) in [4.78, 5) is 23.4. The van der Waals surface area contributed by atoms with Crippen LogP contribution >= 0.6 is 11.3 Å². The van der Waals surface area contributed by atoms with Crippen LogP contribution in [0.1, 0.15) is 34.0 Å². The number of esters is 1. The van der Waals surface area contributed by atoms with E-state index in [-0.39, 0.29) is 12.5 Å². The Hall–Kier alpha value is -1.36. The maximum Gasteiger partial charge on any atom is 0.325 e. The van der Waals surface area contributed by atoms with Gasteiger partial charge in [-0.15, -0.1) is 11.3 Å². The van der Waals surface area contributed by atoms with Crippen LogP contribution < -0.4 is 5.32 Å². The highest BCUT2D eigenvalue weighted by Gasteiger charge is 2.28. The number of thiophene rings is 1. The van der Waals surface area contributed by atoms with E-state index in [1.807, 2.05) is 11.4 Å². The minimum atomic E-state index is -0.433. The topological polar surface area (TPSA) is 55.4 Å². The lowest BCUT2D eigenvalue weighted by molar-refractivity contribution is -0.139. The molecule has 1 heterocycles. The fourth-order valence-corrected chi connectivity index (χ4v) is 2.43. The van der Waals surface area contributed by atoms with Crippen LogP contribution in [0, 0.1) is 0 Å². The van der Waals surface area contributed by atoms with Crippen molar-refractivity contribution < 1.29 is 14.3 Å². The van der Waals surface area contributed by atoms with Gasteiger partial charge in [0, 0.05) is 0 Å². The van der Waals surface area contributed by atoms with E-state index in [9.17, 15) is 9.59 Å². The maximum atomic E-state index is 11.8. The molecule has 1 saturated carbocycles. The van der Waals surface area contributed by atoms with Gasteiger partial charge in [0.25, 0.3) is 5.91 Å². The molecule has 1 amide bonds. The molecule has 1 N–H and O–H groups in total. The van der Waals surface area contributed by atoms with Crippen molar-refractivity contribution in [3.8, 4) is 0 Å². The molecule has 0 bridgehead atoms. The highest BCUT2D eigenvalue weighted by Crippen LogP contribution is 2.43. The van der Waals surface area contributed by atoms with E-state index >= 15 is 0 Å². The molecule has 16 heavy (non-hydrogen) atoms. The van der Waals surface area contributed by atoms with Crippen LogP contribution in [0.2, 0.25) is 0 Å². The average Bonchev–Trinajstić information content (AvgIpc) is 3.03. The monoisotopic (exact) mass is 239 g/mol. The summed E-state index contributed by atoms with van der Waals surface area (Å²) in [6.07, 6.45) is 2.32. The number of carbonyl (C=O) groups excluding carboxylic acids is 2. The van der Waals surface area contributed by atoms with Crippen molar-refractivity contribution in [2.45, 2.75) is 18.8 Å². The Kier molecular flexibility index (Phi) is 3.24. The van der Waals surface area contributed by atoms with E-state index in [4.69, 9.17) is 0 Å². The van der Waals surface area contributed by atoms with Gasteiger partial charge in [-0.3, -0.25) is 9.59 Å². The number of nitrogens with one attached hydrogen (secondary N) is 1. The van der Waals surface area contributed by atoms with Crippen molar-refractivity contribution in [1.29, 1.82) is 0 Å². The normalized spacial score (nSPS) is 14.6. The molecular weight excluding hydrogens is 226 g/mol. The first-order valence-electron chi connectivity index (χ1n) is 5.14. The third-order valence-electron chi connectivity index (χ3n) is 2.54. The first kappa shape index (κ1) is 11.1. The van der Waals surface area contributed by atoms with Crippen molar-refractivity contribution in [2.24, 2.45) is 0 Å². The number of hydrogen-bond acceptors (Lipinski definition) is 4. The maximum absolute atomic E-state index is 11.8. The fourth-order valence-electron chi connectivity index (χ4n) is 1.52. The van der Waals surface area contributed by atoms with Gasteiger partial charge in [0.2, 0.25) is 0 Å². The second-order valence-corrected chi connectivity index (χ2v) is 4.65. The quantitative estimate of drug-likeness (QED) is 0.811. The molecule has 0 atom stereocenters. The molecule has 1 aromatic heterocycles. The van der Waals surface area contributed by atoms with Crippen molar-refractivity contribution in [2.75, 3.05) is 13.7 Å². The molecule has 1 aromatic rings. The Labute approximate surface area is 97.6 Å². The zero-order valence-electron chi connectivity index (χ0n) is 8.99. The second kappa shape index (κ2) is 4.65. The first-order chi connectivity index (χ1) is 7.72. The zero-order valence-corrected chi connectivity index (χ0v) is 9.80. The smallest absolute Gasteiger partial charge is 0.325 e. The van der Waals surface area contributed by atoms with E-state index in [0.29, 0.717) is 5.92 Å². The molecule has 0 aliphatic heterocycles. The molecule has 0 aromatic carbocycles. The fraction of sp³-hybridized carbons (Fsp3) is 0.455. The Morgan fingerprint density at radius 2 is 2.31 bits per heavy atom. The van der Waals surface area contributed by atoms with Crippen molar-refractivity contribution in [1.82, 2.24) is 5.32 Å². The van der Waals surface area contributed by atoms with Gasteiger partial charge in [-0.25, -0.2) is 0 Å². The summed E-state index contributed by atoms with van der Waals surface area (Å²) in [5.41, 5.74) is 1.12. The molecule has 2 rings (SSSR count). The number of hydrogen-bond donors (Lipinski definition) is 1. The van der Waals surface area contributed by atoms with Crippen LogP contribution in [0.25, 0.3) is 0 Å². The number of rotatable bonds is 4. The third kappa shape index (κ3) is 2.41. The Morgan fingerprint density at radius 1 is 1.56 bits per heavy atom. The highest BCUT2D eigenvalue weighted by atomic mass is 32.1. The van der Waals surface area contributed by atoms with Crippen LogP contribution in [-0.2, 0) is 9.53 Å². The molecule has 5 heteroatoms.